The van der Waals surface area contributed by atoms with Crippen molar-refractivity contribution in [2.75, 3.05) is 13.6 Å². The zero-order valence-electron chi connectivity index (χ0n) is 10.2. The van der Waals surface area contributed by atoms with Crippen molar-refractivity contribution in [3.05, 3.63) is 0 Å². The molecule has 1 fully saturated rings. The number of ketones is 1. The lowest BCUT2D eigenvalue weighted by Gasteiger charge is -2.47. The third-order valence-corrected chi connectivity index (χ3v) is 3.10. The fraction of sp³-hybridized carbons (Fsp3) is 0.818. The number of hydrogen-bond acceptors (Lipinski definition) is 3. The van der Waals surface area contributed by atoms with E-state index in [4.69, 9.17) is 0 Å². The summed E-state index contributed by atoms with van der Waals surface area (Å²) in [6.07, 6.45) is 0. The van der Waals surface area contributed by atoms with Gasteiger partial charge in [0.25, 0.3) is 0 Å². The zero-order chi connectivity index (χ0) is 11.6. The maximum Gasteiger partial charge on any atom is 0.135 e. The Morgan fingerprint density at radius 2 is 2.07 bits per heavy atom. The maximum absolute atomic E-state index is 11.3. The van der Waals surface area contributed by atoms with Gasteiger partial charge in [-0.2, -0.15) is 0 Å². The number of hydrogen-bond donors (Lipinski definition) is 2. The molecule has 0 aromatic heterocycles. The van der Waals surface area contributed by atoms with E-state index < -0.39 is 0 Å². The second-order valence-electron chi connectivity index (χ2n) is 4.76. The van der Waals surface area contributed by atoms with Gasteiger partial charge in [0.2, 0.25) is 0 Å². The van der Waals surface area contributed by atoms with Gasteiger partial charge in [-0.1, -0.05) is 0 Å². The molecule has 0 bridgehead atoms. The quantitative estimate of drug-likeness (QED) is 0.530. The molecule has 1 saturated heterocycles. The predicted molar refractivity (Wildman–Crippen MR) is 62.2 cm³/mol. The molecule has 0 aliphatic carbocycles. The lowest BCUT2D eigenvalue weighted by molar-refractivity contribution is -0.125. The van der Waals surface area contributed by atoms with E-state index >= 15 is 0 Å². The van der Waals surface area contributed by atoms with Crippen LogP contribution in [0.2, 0.25) is 0 Å². The van der Waals surface area contributed by atoms with Gasteiger partial charge in [-0.05, 0) is 27.7 Å². The lowest BCUT2D eigenvalue weighted by atomic mass is 9.76. The topological polar surface area (TPSA) is 53.5 Å². The van der Waals surface area contributed by atoms with Crippen molar-refractivity contribution in [3.8, 4) is 0 Å². The number of nitrogens with one attached hydrogen (secondary N) is 2. The minimum atomic E-state index is -0.141. The van der Waals surface area contributed by atoms with Crippen LogP contribution in [-0.2, 0) is 4.79 Å². The van der Waals surface area contributed by atoms with E-state index in [1.54, 1.807) is 14.0 Å². The highest BCUT2D eigenvalue weighted by Gasteiger charge is 2.43. The predicted octanol–water partition coefficient (Wildman–Crippen LogP) is 0.580. The molecule has 1 unspecified atom stereocenters. The van der Waals surface area contributed by atoms with Gasteiger partial charge in [0.1, 0.15) is 5.78 Å². The van der Waals surface area contributed by atoms with Crippen LogP contribution in [0.3, 0.4) is 0 Å². The van der Waals surface area contributed by atoms with Crippen molar-refractivity contribution in [2.24, 2.45) is 10.9 Å². The molecule has 0 aromatic carbocycles. The average molecular weight is 211 g/mol. The highest BCUT2D eigenvalue weighted by Crippen LogP contribution is 2.24. The number of rotatable bonds is 3. The van der Waals surface area contributed by atoms with Crippen molar-refractivity contribution >= 4 is 11.6 Å². The SMILES string of the molecule is CN=C(C)NC(C)(C)[C@H]1NCC1C(C)=O. The largest absolute Gasteiger partial charge is 0.368 e. The Kier molecular flexibility index (Phi) is 3.50. The van der Waals surface area contributed by atoms with Crippen LogP contribution in [0.1, 0.15) is 27.7 Å². The molecule has 86 valence electrons. The molecule has 4 heteroatoms. The van der Waals surface area contributed by atoms with Gasteiger partial charge in [0, 0.05) is 31.1 Å². The Labute approximate surface area is 91.5 Å². The summed E-state index contributed by atoms with van der Waals surface area (Å²) in [5, 5.41) is 6.64. The molecule has 2 atom stereocenters. The van der Waals surface area contributed by atoms with Gasteiger partial charge in [0.05, 0.1) is 5.84 Å². The number of Topliss-reactive ketones (excluding diaryl/α,β-unsaturated/α-hetero) is 1. The minimum absolute atomic E-state index is 0.136. The van der Waals surface area contributed by atoms with Crippen LogP contribution in [0.15, 0.2) is 4.99 Å². The average Bonchev–Trinajstić information content (AvgIpc) is 1.98. The number of carbonyl (C=O) groups excluding carboxylic acids is 1. The molecule has 2 N–H and O–H groups in total. The maximum atomic E-state index is 11.3. The molecule has 0 saturated carbocycles. The second kappa shape index (κ2) is 4.31. The van der Waals surface area contributed by atoms with Crippen LogP contribution < -0.4 is 10.6 Å². The number of amidine groups is 1. The molecule has 1 heterocycles. The number of nitrogens with zero attached hydrogens (tertiary/aromatic N) is 1. The van der Waals surface area contributed by atoms with Crippen molar-refractivity contribution < 1.29 is 4.79 Å². The summed E-state index contributed by atoms with van der Waals surface area (Å²) in [5.41, 5.74) is -0.141. The third kappa shape index (κ3) is 2.56. The monoisotopic (exact) mass is 211 g/mol. The van der Waals surface area contributed by atoms with Crippen LogP contribution >= 0.6 is 0 Å². The van der Waals surface area contributed by atoms with E-state index in [9.17, 15) is 4.79 Å². The first-order chi connectivity index (χ1) is 6.88. The summed E-state index contributed by atoms with van der Waals surface area (Å²) in [6.45, 7) is 8.58. The molecule has 0 radical (unpaired) electrons. The van der Waals surface area contributed by atoms with E-state index in [-0.39, 0.29) is 23.3 Å². The van der Waals surface area contributed by atoms with Gasteiger partial charge >= 0.3 is 0 Å². The Morgan fingerprint density at radius 3 is 2.40 bits per heavy atom. The highest BCUT2D eigenvalue weighted by atomic mass is 16.1. The first kappa shape index (κ1) is 12.2. The van der Waals surface area contributed by atoms with Gasteiger partial charge in [-0.25, -0.2) is 0 Å². The molecule has 0 amide bonds. The van der Waals surface area contributed by atoms with Gasteiger partial charge < -0.3 is 10.6 Å². The molecule has 0 spiro atoms. The normalized spacial score (nSPS) is 27.1. The molecule has 0 aromatic rings. The van der Waals surface area contributed by atoms with Crippen molar-refractivity contribution in [2.45, 2.75) is 39.3 Å². The fourth-order valence-electron chi connectivity index (χ4n) is 2.09. The molecule has 1 aliphatic rings. The van der Waals surface area contributed by atoms with Gasteiger partial charge in [-0.15, -0.1) is 0 Å². The molecular formula is C11H21N3O. The van der Waals surface area contributed by atoms with Gasteiger partial charge in [-0.3, -0.25) is 9.79 Å². The van der Waals surface area contributed by atoms with Crippen molar-refractivity contribution in [1.82, 2.24) is 10.6 Å². The lowest BCUT2D eigenvalue weighted by Crippen LogP contribution is -2.69. The second-order valence-corrected chi connectivity index (χ2v) is 4.76. The zero-order valence-corrected chi connectivity index (χ0v) is 10.2. The summed E-state index contributed by atoms with van der Waals surface area (Å²) in [6, 6.07) is 0.201. The summed E-state index contributed by atoms with van der Waals surface area (Å²) in [4.78, 5) is 15.4. The Hall–Kier alpha value is -0.900. The smallest absolute Gasteiger partial charge is 0.135 e. The van der Waals surface area contributed by atoms with E-state index in [1.807, 2.05) is 6.92 Å². The standard InChI is InChI=1S/C11H21N3O/c1-7(15)9-6-13-10(9)11(3,4)14-8(2)12-5/h9-10,13H,6H2,1-5H3,(H,12,14)/t9?,10-/m0/s1. The molecular weight excluding hydrogens is 190 g/mol. The molecule has 1 aliphatic heterocycles. The van der Waals surface area contributed by atoms with Crippen LogP contribution in [-0.4, -0.2) is 36.8 Å². The summed E-state index contributed by atoms with van der Waals surface area (Å²) in [5.74, 6) is 1.30. The van der Waals surface area contributed by atoms with E-state index in [2.05, 4.69) is 29.5 Å². The molecule has 4 nitrogen and oxygen atoms in total. The highest BCUT2D eigenvalue weighted by molar-refractivity contribution is 5.82. The van der Waals surface area contributed by atoms with Crippen LogP contribution in [0.4, 0.5) is 0 Å². The van der Waals surface area contributed by atoms with Crippen molar-refractivity contribution in [3.63, 3.8) is 0 Å². The Balaban J connectivity index is 2.65. The third-order valence-electron chi connectivity index (χ3n) is 3.10. The number of aliphatic imine (C=N–C) groups is 1. The Bertz CT molecular complexity index is 284. The summed E-state index contributed by atoms with van der Waals surface area (Å²) >= 11 is 0. The summed E-state index contributed by atoms with van der Waals surface area (Å²) < 4.78 is 0. The first-order valence-corrected chi connectivity index (χ1v) is 5.34. The minimum Gasteiger partial charge on any atom is -0.368 e. The summed E-state index contributed by atoms with van der Waals surface area (Å²) in [7, 11) is 1.76. The van der Waals surface area contributed by atoms with Gasteiger partial charge in [0.15, 0.2) is 0 Å². The Morgan fingerprint density at radius 1 is 1.47 bits per heavy atom. The number of carbonyl (C=O) groups is 1. The fourth-order valence-corrected chi connectivity index (χ4v) is 2.09. The molecule has 1 rings (SSSR count). The first-order valence-electron chi connectivity index (χ1n) is 5.34. The van der Waals surface area contributed by atoms with Crippen molar-refractivity contribution in [1.29, 1.82) is 0 Å². The molecule has 15 heavy (non-hydrogen) atoms. The van der Waals surface area contributed by atoms with E-state index in [0.717, 1.165) is 12.4 Å². The van der Waals surface area contributed by atoms with Crippen LogP contribution in [0, 0.1) is 5.92 Å². The van der Waals surface area contributed by atoms with E-state index in [1.165, 1.54) is 0 Å². The van der Waals surface area contributed by atoms with Crippen LogP contribution in [0.25, 0.3) is 0 Å². The van der Waals surface area contributed by atoms with Crippen LogP contribution in [0.5, 0.6) is 0 Å². The van der Waals surface area contributed by atoms with E-state index in [0.29, 0.717) is 0 Å².